The Balaban J connectivity index is 2.60. The fourth-order valence-corrected chi connectivity index (χ4v) is 1.62. The summed E-state index contributed by atoms with van der Waals surface area (Å²) in [7, 11) is 0. The van der Waals surface area contributed by atoms with E-state index in [2.05, 4.69) is 32.3 Å². The molecular formula is C10H19NO. The molecule has 0 amide bonds. The van der Waals surface area contributed by atoms with Crippen LogP contribution in [-0.4, -0.2) is 35.2 Å². The summed E-state index contributed by atoms with van der Waals surface area (Å²) in [6.45, 7) is 11.8. The highest BCUT2D eigenvalue weighted by molar-refractivity contribution is 4.96. The van der Waals surface area contributed by atoms with E-state index in [1.807, 2.05) is 6.08 Å². The molecule has 12 heavy (non-hydrogen) atoms. The second kappa shape index (κ2) is 3.19. The van der Waals surface area contributed by atoms with Gasteiger partial charge in [0.1, 0.15) is 0 Å². The van der Waals surface area contributed by atoms with E-state index in [0.29, 0.717) is 6.04 Å². The third-order valence-electron chi connectivity index (χ3n) is 2.84. The van der Waals surface area contributed by atoms with Gasteiger partial charge in [0, 0.05) is 24.5 Å². The SMILES string of the molecule is C=CC(C)N1CC(O)C(C)(C)C1. The van der Waals surface area contributed by atoms with Gasteiger partial charge in [-0.3, -0.25) is 4.90 Å². The summed E-state index contributed by atoms with van der Waals surface area (Å²) < 4.78 is 0. The lowest BCUT2D eigenvalue weighted by Crippen LogP contribution is -2.30. The molecule has 1 heterocycles. The molecule has 0 spiro atoms. The van der Waals surface area contributed by atoms with Crippen LogP contribution in [0.5, 0.6) is 0 Å². The van der Waals surface area contributed by atoms with E-state index < -0.39 is 0 Å². The van der Waals surface area contributed by atoms with Gasteiger partial charge in [-0.05, 0) is 6.92 Å². The Hall–Kier alpha value is -0.340. The maximum Gasteiger partial charge on any atom is 0.0730 e. The number of hydrogen-bond acceptors (Lipinski definition) is 2. The van der Waals surface area contributed by atoms with Gasteiger partial charge >= 0.3 is 0 Å². The van der Waals surface area contributed by atoms with Crippen LogP contribution in [0.3, 0.4) is 0 Å². The lowest BCUT2D eigenvalue weighted by Gasteiger charge is -2.23. The normalized spacial score (nSPS) is 31.8. The van der Waals surface area contributed by atoms with Gasteiger partial charge in [-0.15, -0.1) is 6.58 Å². The zero-order valence-electron chi connectivity index (χ0n) is 8.25. The number of likely N-dealkylation sites (tertiary alicyclic amines) is 1. The predicted octanol–water partition coefficient (Wildman–Crippen LogP) is 1.26. The van der Waals surface area contributed by atoms with Gasteiger partial charge in [0.2, 0.25) is 0 Å². The van der Waals surface area contributed by atoms with Crippen molar-refractivity contribution in [2.24, 2.45) is 5.41 Å². The zero-order valence-corrected chi connectivity index (χ0v) is 8.25. The van der Waals surface area contributed by atoms with E-state index in [1.165, 1.54) is 0 Å². The van der Waals surface area contributed by atoms with E-state index in [1.54, 1.807) is 0 Å². The molecule has 0 aromatic carbocycles. The molecule has 0 aromatic rings. The number of aliphatic hydroxyl groups excluding tert-OH is 1. The van der Waals surface area contributed by atoms with Gasteiger partial charge in [-0.1, -0.05) is 19.9 Å². The van der Waals surface area contributed by atoms with Gasteiger partial charge in [0.05, 0.1) is 6.10 Å². The molecule has 2 heteroatoms. The Morgan fingerprint density at radius 2 is 2.25 bits per heavy atom. The van der Waals surface area contributed by atoms with Gasteiger partial charge in [0.15, 0.2) is 0 Å². The molecule has 1 saturated heterocycles. The fourth-order valence-electron chi connectivity index (χ4n) is 1.62. The van der Waals surface area contributed by atoms with Crippen molar-refractivity contribution in [1.82, 2.24) is 4.90 Å². The lowest BCUT2D eigenvalue weighted by atomic mass is 9.90. The van der Waals surface area contributed by atoms with Crippen molar-refractivity contribution >= 4 is 0 Å². The molecule has 0 aliphatic carbocycles. The standard InChI is InChI=1S/C10H19NO/c1-5-8(2)11-6-9(12)10(3,4)7-11/h5,8-9,12H,1,6-7H2,2-4H3. The summed E-state index contributed by atoms with van der Waals surface area (Å²) in [6.07, 6.45) is 1.73. The summed E-state index contributed by atoms with van der Waals surface area (Å²) in [5.74, 6) is 0. The highest BCUT2D eigenvalue weighted by Gasteiger charge is 2.38. The Labute approximate surface area is 74.9 Å². The third-order valence-corrected chi connectivity index (χ3v) is 2.84. The first kappa shape index (κ1) is 9.75. The van der Waals surface area contributed by atoms with Gasteiger partial charge < -0.3 is 5.11 Å². The molecule has 1 aliphatic rings. The van der Waals surface area contributed by atoms with Crippen LogP contribution < -0.4 is 0 Å². The largest absolute Gasteiger partial charge is 0.391 e. The van der Waals surface area contributed by atoms with Crippen LogP contribution in [0.25, 0.3) is 0 Å². The first-order chi connectivity index (χ1) is 5.47. The second-order valence-electron chi connectivity index (χ2n) is 4.41. The summed E-state index contributed by atoms with van der Waals surface area (Å²) >= 11 is 0. The van der Waals surface area contributed by atoms with E-state index in [0.717, 1.165) is 13.1 Å². The van der Waals surface area contributed by atoms with E-state index in [4.69, 9.17) is 0 Å². The Morgan fingerprint density at radius 3 is 2.58 bits per heavy atom. The maximum atomic E-state index is 9.70. The Kier molecular flexibility index (Phi) is 2.59. The van der Waals surface area contributed by atoms with Gasteiger partial charge in [-0.25, -0.2) is 0 Å². The monoisotopic (exact) mass is 169 g/mol. The van der Waals surface area contributed by atoms with Crippen LogP contribution in [0.4, 0.5) is 0 Å². The van der Waals surface area contributed by atoms with Crippen molar-refractivity contribution in [1.29, 1.82) is 0 Å². The van der Waals surface area contributed by atoms with Crippen molar-refractivity contribution in [3.8, 4) is 0 Å². The highest BCUT2D eigenvalue weighted by atomic mass is 16.3. The van der Waals surface area contributed by atoms with Crippen LogP contribution in [0.1, 0.15) is 20.8 Å². The van der Waals surface area contributed by atoms with Crippen LogP contribution in [-0.2, 0) is 0 Å². The number of nitrogens with zero attached hydrogens (tertiary/aromatic N) is 1. The fraction of sp³-hybridized carbons (Fsp3) is 0.800. The number of hydrogen-bond donors (Lipinski definition) is 1. The van der Waals surface area contributed by atoms with E-state index >= 15 is 0 Å². The Morgan fingerprint density at radius 1 is 1.67 bits per heavy atom. The van der Waals surface area contributed by atoms with Crippen molar-refractivity contribution in [2.75, 3.05) is 13.1 Å². The van der Waals surface area contributed by atoms with Crippen molar-refractivity contribution in [3.05, 3.63) is 12.7 Å². The molecule has 1 aliphatic heterocycles. The number of aliphatic hydroxyl groups is 1. The maximum absolute atomic E-state index is 9.70. The first-order valence-electron chi connectivity index (χ1n) is 4.52. The van der Waals surface area contributed by atoms with Gasteiger partial charge in [0.25, 0.3) is 0 Å². The van der Waals surface area contributed by atoms with Crippen LogP contribution in [0.2, 0.25) is 0 Å². The molecule has 1 rings (SSSR count). The average molecular weight is 169 g/mol. The number of β-amino-alcohol motifs (C(OH)–C–C–N with tert-alkyl or cyclic N) is 1. The molecule has 0 radical (unpaired) electrons. The third kappa shape index (κ3) is 1.70. The molecule has 2 atom stereocenters. The smallest absolute Gasteiger partial charge is 0.0730 e. The summed E-state index contributed by atoms with van der Waals surface area (Å²) in [4.78, 5) is 2.26. The average Bonchev–Trinajstić information content (AvgIpc) is 2.25. The predicted molar refractivity (Wildman–Crippen MR) is 51.0 cm³/mol. The number of rotatable bonds is 2. The molecule has 1 fully saturated rings. The summed E-state index contributed by atoms with van der Waals surface area (Å²) in [5, 5.41) is 9.70. The zero-order chi connectivity index (χ0) is 9.35. The highest BCUT2D eigenvalue weighted by Crippen LogP contribution is 2.30. The minimum atomic E-state index is -0.195. The topological polar surface area (TPSA) is 23.5 Å². The van der Waals surface area contributed by atoms with Crippen molar-refractivity contribution < 1.29 is 5.11 Å². The second-order valence-corrected chi connectivity index (χ2v) is 4.41. The first-order valence-corrected chi connectivity index (χ1v) is 4.52. The molecular weight excluding hydrogens is 150 g/mol. The van der Waals surface area contributed by atoms with Crippen LogP contribution >= 0.6 is 0 Å². The Bertz CT molecular complexity index is 177. The minimum absolute atomic E-state index is 0.0390. The van der Waals surface area contributed by atoms with Crippen LogP contribution in [0, 0.1) is 5.41 Å². The van der Waals surface area contributed by atoms with E-state index in [9.17, 15) is 5.11 Å². The van der Waals surface area contributed by atoms with E-state index in [-0.39, 0.29) is 11.5 Å². The minimum Gasteiger partial charge on any atom is -0.391 e. The van der Waals surface area contributed by atoms with Gasteiger partial charge in [-0.2, -0.15) is 0 Å². The van der Waals surface area contributed by atoms with Crippen LogP contribution in [0.15, 0.2) is 12.7 Å². The lowest BCUT2D eigenvalue weighted by molar-refractivity contribution is 0.0953. The molecule has 2 nitrogen and oxygen atoms in total. The molecule has 0 aromatic heterocycles. The summed E-state index contributed by atoms with van der Waals surface area (Å²) in [5.41, 5.74) is 0.0390. The molecule has 2 unspecified atom stereocenters. The molecule has 70 valence electrons. The van der Waals surface area contributed by atoms with Crippen molar-refractivity contribution in [2.45, 2.75) is 32.9 Å². The molecule has 0 saturated carbocycles. The quantitative estimate of drug-likeness (QED) is 0.629. The molecule has 0 bridgehead atoms. The summed E-state index contributed by atoms with van der Waals surface area (Å²) in [6, 6.07) is 0.376. The van der Waals surface area contributed by atoms with Crippen molar-refractivity contribution in [3.63, 3.8) is 0 Å². The molecule has 1 N–H and O–H groups in total.